The molecule has 25 heavy (non-hydrogen) atoms. The van der Waals surface area contributed by atoms with Gasteiger partial charge in [0.1, 0.15) is 5.75 Å². The number of rotatable bonds is 7. The number of H-pyrrole nitrogens is 1. The van der Waals surface area contributed by atoms with Crippen molar-refractivity contribution in [3.05, 3.63) is 64.3 Å². The van der Waals surface area contributed by atoms with Crippen molar-refractivity contribution in [2.45, 2.75) is 19.3 Å². The third kappa shape index (κ3) is 3.99. The number of fused-ring (bicyclic) bond motifs is 1. The fourth-order valence-corrected chi connectivity index (χ4v) is 3.15. The van der Waals surface area contributed by atoms with Gasteiger partial charge in [-0.3, -0.25) is 9.59 Å². The minimum atomic E-state index is -0.431. The van der Waals surface area contributed by atoms with E-state index in [4.69, 9.17) is 4.74 Å². The second-order valence-electron chi connectivity index (χ2n) is 5.85. The van der Waals surface area contributed by atoms with Gasteiger partial charge in [-0.25, -0.2) is 0 Å². The third-order valence-corrected chi connectivity index (χ3v) is 4.66. The van der Waals surface area contributed by atoms with Gasteiger partial charge in [-0.05, 0) is 48.7 Å². The van der Waals surface area contributed by atoms with Crippen LogP contribution in [0.2, 0.25) is 0 Å². The summed E-state index contributed by atoms with van der Waals surface area (Å²) in [7, 11) is 1.63. The zero-order chi connectivity index (χ0) is 17.8. The Labute approximate surface area is 154 Å². The van der Waals surface area contributed by atoms with Crippen molar-refractivity contribution in [1.29, 1.82) is 0 Å². The number of benzene rings is 2. The molecule has 0 aliphatic heterocycles. The first-order valence-corrected chi connectivity index (χ1v) is 8.85. The molecule has 0 radical (unpaired) electrons. The maximum absolute atomic E-state index is 12.5. The molecule has 0 bridgehead atoms. The number of halogens is 1. The summed E-state index contributed by atoms with van der Waals surface area (Å²) in [5, 5.41) is 0.767. The molecule has 3 aromatic rings. The van der Waals surface area contributed by atoms with Gasteiger partial charge >= 0.3 is 0 Å². The van der Waals surface area contributed by atoms with E-state index in [1.54, 1.807) is 13.3 Å². The Bertz CT molecular complexity index is 912. The first-order chi connectivity index (χ1) is 12.1. The van der Waals surface area contributed by atoms with E-state index >= 15 is 0 Å². The van der Waals surface area contributed by atoms with Crippen molar-refractivity contribution in [1.82, 2.24) is 4.98 Å². The molecule has 0 saturated heterocycles. The van der Waals surface area contributed by atoms with Gasteiger partial charge in [-0.15, -0.1) is 0 Å². The molecule has 1 N–H and O–H groups in total. The van der Waals surface area contributed by atoms with E-state index in [0.717, 1.165) is 33.1 Å². The first-order valence-electron chi connectivity index (χ1n) is 8.05. The van der Waals surface area contributed by atoms with Crippen LogP contribution in [-0.2, 0) is 11.2 Å². The number of aromatic amines is 1. The topological polar surface area (TPSA) is 59.2 Å². The first kappa shape index (κ1) is 17.4. The average Bonchev–Trinajstić information content (AvgIpc) is 3.04. The van der Waals surface area contributed by atoms with Crippen LogP contribution in [0.4, 0.5) is 0 Å². The van der Waals surface area contributed by atoms with Crippen LogP contribution in [0.1, 0.15) is 28.8 Å². The predicted octanol–water partition coefficient (Wildman–Crippen LogP) is 4.71. The van der Waals surface area contributed by atoms with Crippen molar-refractivity contribution in [3.63, 3.8) is 0 Å². The van der Waals surface area contributed by atoms with Gasteiger partial charge in [0.2, 0.25) is 11.6 Å². The molecule has 0 aliphatic carbocycles. The summed E-state index contributed by atoms with van der Waals surface area (Å²) >= 11 is 3.40. The van der Waals surface area contributed by atoms with Crippen LogP contribution in [0.15, 0.2) is 53.1 Å². The molecule has 0 fully saturated rings. The number of carbonyl (C=O) groups excluding carboxylic acids is 2. The molecule has 1 aromatic heterocycles. The quantitative estimate of drug-likeness (QED) is 0.462. The number of aromatic nitrogens is 1. The molecule has 0 spiro atoms. The minimum Gasteiger partial charge on any atom is -0.497 e. The second-order valence-corrected chi connectivity index (χ2v) is 6.76. The number of carbonyl (C=O) groups is 2. The Balaban J connectivity index is 1.62. The molecule has 4 nitrogen and oxygen atoms in total. The van der Waals surface area contributed by atoms with Gasteiger partial charge in [0.15, 0.2) is 0 Å². The van der Waals surface area contributed by atoms with E-state index in [0.29, 0.717) is 12.0 Å². The Morgan fingerprint density at radius 3 is 2.60 bits per heavy atom. The number of nitrogens with one attached hydrogen (secondary N) is 1. The SMILES string of the molecule is COc1ccc(CCCC(=O)C(=O)c2c[nH]c3ccc(Br)cc23)cc1. The minimum absolute atomic E-state index is 0.242. The van der Waals surface area contributed by atoms with E-state index in [2.05, 4.69) is 20.9 Å². The van der Waals surface area contributed by atoms with Gasteiger partial charge in [-0.2, -0.15) is 0 Å². The Kier molecular flexibility index (Phi) is 5.34. The fourth-order valence-electron chi connectivity index (χ4n) is 2.79. The monoisotopic (exact) mass is 399 g/mol. The largest absolute Gasteiger partial charge is 0.497 e. The molecule has 2 aromatic carbocycles. The number of ether oxygens (including phenoxy) is 1. The number of Topliss-reactive ketones (excluding diaryl/α,β-unsaturated/α-hetero) is 2. The highest BCUT2D eigenvalue weighted by Gasteiger charge is 2.19. The normalized spacial score (nSPS) is 10.8. The van der Waals surface area contributed by atoms with Crippen LogP contribution in [-0.4, -0.2) is 23.7 Å². The van der Waals surface area contributed by atoms with E-state index in [1.165, 1.54) is 0 Å². The second kappa shape index (κ2) is 7.66. The average molecular weight is 400 g/mol. The highest BCUT2D eigenvalue weighted by atomic mass is 79.9. The van der Waals surface area contributed by atoms with Gasteiger partial charge in [0.25, 0.3) is 0 Å². The highest BCUT2D eigenvalue weighted by molar-refractivity contribution is 9.10. The number of aryl methyl sites for hydroxylation is 1. The van der Waals surface area contributed by atoms with Crippen LogP contribution >= 0.6 is 15.9 Å². The standard InChI is InChI=1S/C20H18BrNO3/c1-25-15-8-5-13(6-9-15)3-2-4-19(23)20(24)17-12-22-18-10-7-14(21)11-16(17)18/h5-12,22H,2-4H2,1H3. The summed E-state index contributed by atoms with van der Waals surface area (Å²) in [5.74, 6) is 0.0222. The summed E-state index contributed by atoms with van der Waals surface area (Å²) < 4.78 is 6.00. The van der Waals surface area contributed by atoms with E-state index in [-0.39, 0.29) is 12.2 Å². The molecule has 1 heterocycles. The van der Waals surface area contributed by atoms with E-state index in [1.807, 2.05) is 42.5 Å². The molecular formula is C20H18BrNO3. The van der Waals surface area contributed by atoms with E-state index < -0.39 is 5.78 Å². The summed E-state index contributed by atoms with van der Waals surface area (Å²) in [6.45, 7) is 0. The van der Waals surface area contributed by atoms with Gasteiger partial charge < -0.3 is 9.72 Å². The smallest absolute Gasteiger partial charge is 0.230 e. The summed E-state index contributed by atoms with van der Waals surface area (Å²) in [6.07, 6.45) is 3.25. The van der Waals surface area contributed by atoms with Crippen LogP contribution in [0.5, 0.6) is 5.75 Å². The van der Waals surface area contributed by atoms with Crippen LogP contribution in [0.25, 0.3) is 10.9 Å². The highest BCUT2D eigenvalue weighted by Crippen LogP contribution is 2.23. The third-order valence-electron chi connectivity index (χ3n) is 4.17. The summed E-state index contributed by atoms with van der Waals surface area (Å²) in [6, 6.07) is 13.4. The lowest BCUT2D eigenvalue weighted by Gasteiger charge is -2.03. The molecule has 0 saturated carbocycles. The zero-order valence-electron chi connectivity index (χ0n) is 13.8. The Morgan fingerprint density at radius 1 is 1.12 bits per heavy atom. The molecule has 128 valence electrons. The fraction of sp³-hybridized carbons (Fsp3) is 0.200. The molecule has 0 aliphatic rings. The van der Waals surface area contributed by atoms with Gasteiger partial charge in [0.05, 0.1) is 12.7 Å². The number of hydrogen-bond acceptors (Lipinski definition) is 3. The molecule has 0 amide bonds. The number of hydrogen-bond donors (Lipinski definition) is 1. The Hall–Kier alpha value is -2.40. The lowest BCUT2D eigenvalue weighted by Crippen LogP contribution is -2.13. The van der Waals surface area contributed by atoms with Crippen molar-refractivity contribution >= 4 is 38.4 Å². The van der Waals surface area contributed by atoms with Crippen molar-refractivity contribution < 1.29 is 14.3 Å². The summed E-state index contributed by atoms with van der Waals surface area (Å²) in [4.78, 5) is 27.8. The van der Waals surface area contributed by atoms with Crippen molar-refractivity contribution in [2.24, 2.45) is 0 Å². The van der Waals surface area contributed by atoms with Crippen molar-refractivity contribution in [2.75, 3.05) is 7.11 Å². The molecule has 3 rings (SSSR count). The lowest BCUT2D eigenvalue weighted by molar-refractivity contribution is -0.115. The maximum Gasteiger partial charge on any atom is 0.230 e. The van der Waals surface area contributed by atoms with Gasteiger partial charge in [0, 0.05) is 28.0 Å². The molecule has 5 heteroatoms. The Morgan fingerprint density at radius 2 is 1.88 bits per heavy atom. The van der Waals surface area contributed by atoms with Crippen LogP contribution < -0.4 is 4.74 Å². The van der Waals surface area contributed by atoms with Crippen molar-refractivity contribution in [3.8, 4) is 5.75 Å². The van der Waals surface area contributed by atoms with Crippen LogP contribution in [0, 0.1) is 0 Å². The van der Waals surface area contributed by atoms with Gasteiger partial charge in [-0.1, -0.05) is 28.1 Å². The zero-order valence-corrected chi connectivity index (χ0v) is 15.4. The lowest BCUT2D eigenvalue weighted by atomic mass is 10.0. The molecule has 0 atom stereocenters. The maximum atomic E-state index is 12.5. The van der Waals surface area contributed by atoms with Crippen LogP contribution in [0.3, 0.4) is 0 Å². The number of ketones is 2. The van der Waals surface area contributed by atoms with E-state index in [9.17, 15) is 9.59 Å². The summed E-state index contributed by atoms with van der Waals surface area (Å²) in [5.41, 5.74) is 2.40. The predicted molar refractivity (Wildman–Crippen MR) is 101 cm³/mol. The molecular weight excluding hydrogens is 382 g/mol. The molecule has 0 unspecified atom stereocenters. The number of methoxy groups -OCH3 is 1.